The molecule has 118 valence electrons. The Kier molecular flexibility index (Phi) is 4.63. The molecule has 0 spiro atoms. The van der Waals surface area contributed by atoms with Gasteiger partial charge in [0.05, 0.1) is 11.7 Å². The van der Waals surface area contributed by atoms with Crippen molar-refractivity contribution in [3.05, 3.63) is 35.4 Å². The van der Waals surface area contributed by atoms with Crippen LogP contribution in [0.3, 0.4) is 0 Å². The second-order valence-electron chi connectivity index (χ2n) is 6.56. The van der Waals surface area contributed by atoms with Crippen molar-refractivity contribution in [3.63, 3.8) is 0 Å². The summed E-state index contributed by atoms with van der Waals surface area (Å²) in [7, 11) is 0. The maximum absolute atomic E-state index is 13.1. The molecule has 1 aliphatic rings. The molecule has 0 aliphatic carbocycles. The molecule has 1 saturated heterocycles. The van der Waals surface area contributed by atoms with Crippen LogP contribution in [0.1, 0.15) is 44.4 Å². The van der Waals surface area contributed by atoms with Crippen LogP contribution in [-0.2, 0) is 10.9 Å². The Bertz CT molecular complexity index is 479. The van der Waals surface area contributed by atoms with E-state index in [0.29, 0.717) is 13.2 Å². The average Bonchev–Trinajstić information content (AvgIpc) is 2.82. The number of rotatable bonds is 3. The molecule has 21 heavy (non-hydrogen) atoms. The van der Waals surface area contributed by atoms with Gasteiger partial charge < -0.3 is 10.1 Å². The molecule has 0 amide bonds. The lowest BCUT2D eigenvalue weighted by Crippen LogP contribution is -2.39. The van der Waals surface area contributed by atoms with E-state index in [1.807, 2.05) is 20.8 Å². The minimum absolute atomic E-state index is 0.0588. The number of halogens is 3. The summed E-state index contributed by atoms with van der Waals surface area (Å²) in [6, 6.07) is 5.72. The van der Waals surface area contributed by atoms with E-state index in [0.717, 1.165) is 12.5 Å². The van der Waals surface area contributed by atoms with Crippen LogP contribution in [0.4, 0.5) is 13.2 Å². The van der Waals surface area contributed by atoms with Gasteiger partial charge in [0.2, 0.25) is 0 Å². The lowest BCUT2D eigenvalue weighted by Gasteiger charge is -2.27. The topological polar surface area (TPSA) is 21.3 Å². The predicted octanol–water partition coefficient (Wildman–Crippen LogP) is 4.17. The van der Waals surface area contributed by atoms with Crippen molar-refractivity contribution in [2.75, 3.05) is 13.2 Å². The van der Waals surface area contributed by atoms with E-state index in [4.69, 9.17) is 4.74 Å². The largest absolute Gasteiger partial charge is 0.416 e. The summed E-state index contributed by atoms with van der Waals surface area (Å²) >= 11 is 0. The number of nitrogens with one attached hydrogen (secondary N) is 1. The highest BCUT2D eigenvalue weighted by molar-refractivity contribution is 5.32. The van der Waals surface area contributed by atoms with Crippen molar-refractivity contribution in [3.8, 4) is 0 Å². The van der Waals surface area contributed by atoms with E-state index in [9.17, 15) is 13.2 Å². The minimum Gasteiger partial charge on any atom is -0.373 e. The van der Waals surface area contributed by atoms with Crippen molar-refractivity contribution in [2.45, 2.75) is 45.0 Å². The van der Waals surface area contributed by atoms with Gasteiger partial charge in [-0.2, -0.15) is 13.2 Å². The van der Waals surface area contributed by atoms with Gasteiger partial charge in [0.25, 0.3) is 0 Å². The third-order valence-corrected chi connectivity index (χ3v) is 3.68. The fraction of sp³-hybridized carbons (Fsp3) is 0.625. The third kappa shape index (κ3) is 4.20. The fourth-order valence-electron chi connectivity index (χ4n) is 2.63. The molecule has 2 nitrogen and oxygen atoms in total. The Morgan fingerprint density at radius 1 is 1.19 bits per heavy atom. The molecule has 2 unspecified atom stereocenters. The minimum atomic E-state index is -4.34. The zero-order valence-electron chi connectivity index (χ0n) is 12.6. The molecule has 1 fully saturated rings. The molecule has 1 aromatic rings. The Hall–Kier alpha value is -1.07. The van der Waals surface area contributed by atoms with Gasteiger partial charge in [0.15, 0.2) is 0 Å². The Morgan fingerprint density at radius 2 is 1.86 bits per heavy atom. The highest BCUT2D eigenvalue weighted by Crippen LogP contribution is 2.41. The second-order valence-corrected chi connectivity index (χ2v) is 6.56. The second kappa shape index (κ2) is 5.97. The Morgan fingerprint density at radius 3 is 2.48 bits per heavy atom. The van der Waals surface area contributed by atoms with Gasteiger partial charge in [0, 0.05) is 24.6 Å². The van der Waals surface area contributed by atoms with Crippen LogP contribution in [0.5, 0.6) is 0 Å². The molecular formula is C16H22F3NO. The number of benzene rings is 1. The van der Waals surface area contributed by atoms with Gasteiger partial charge in [0.1, 0.15) is 0 Å². The third-order valence-electron chi connectivity index (χ3n) is 3.68. The highest BCUT2D eigenvalue weighted by atomic mass is 19.4. The number of hydrogen-bond donors (Lipinski definition) is 1. The lowest BCUT2D eigenvalue weighted by atomic mass is 9.91. The summed E-state index contributed by atoms with van der Waals surface area (Å²) in [5, 5.41) is 3.36. The van der Waals surface area contributed by atoms with Crippen LogP contribution >= 0.6 is 0 Å². The molecule has 0 bridgehead atoms. The number of ether oxygens (including phenoxy) is 1. The SMILES string of the molecule is CC(C)(C)NCC1CCOC1c1ccccc1C(F)(F)F. The van der Waals surface area contributed by atoms with Crippen molar-refractivity contribution < 1.29 is 17.9 Å². The quantitative estimate of drug-likeness (QED) is 0.904. The molecule has 1 N–H and O–H groups in total. The van der Waals surface area contributed by atoms with Crippen LogP contribution in [0.15, 0.2) is 24.3 Å². The molecule has 0 aromatic heterocycles. The van der Waals surface area contributed by atoms with E-state index in [1.54, 1.807) is 6.07 Å². The van der Waals surface area contributed by atoms with Crippen LogP contribution < -0.4 is 5.32 Å². The lowest BCUT2D eigenvalue weighted by molar-refractivity contribution is -0.139. The molecule has 1 aliphatic heterocycles. The Balaban J connectivity index is 2.21. The van der Waals surface area contributed by atoms with E-state index >= 15 is 0 Å². The first-order valence-electron chi connectivity index (χ1n) is 7.21. The Labute approximate surface area is 123 Å². The molecule has 5 heteroatoms. The average molecular weight is 301 g/mol. The highest BCUT2D eigenvalue weighted by Gasteiger charge is 2.39. The summed E-state index contributed by atoms with van der Waals surface area (Å²) in [5.74, 6) is 0.0627. The van der Waals surface area contributed by atoms with Gasteiger partial charge in [-0.1, -0.05) is 18.2 Å². The summed E-state index contributed by atoms with van der Waals surface area (Å²) in [6.07, 6.45) is -4.05. The summed E-state index contributed by atoms with van der Waals surface area (Å²) in [4.78, 5) is 0. The first-order chi connectivity index (χ1) is 9.68. The summed E-state index contributed by atoms with van der Waals surface area (Å²) in [5.41, 5.74) is -0.391. The molecule has 2 atom stereocenters. The number of hydrogen-bond acceptors (Lipinski definition) is 2. The van der Waals surface area contributed by atoms with Crippen molar-refractivity contribution in [2.24, 2.45) is 5.92 Å². The van der Waals surface area contributed by atoms with E-state index < -0.39 is 17.8 Å². The zero-order valence-corrected chi connectivity index (χ0v) is 12.6. The van der Waals surface area contributed by atoms with Crippen molar-refractivity contribution >= 4 is 0 Å². The van der Waals surface area contributed by atoms with Crippen molar-refractivity contribution in [1.29, 1.82) is 0 Å². The van der Waals surface area contributed by atoms with Crippen LogP contribution in [0.25, 0.3) is 0 Å². The van der Waals surface area contributed by atoms with Crippen LogP contribution in [0, 0.1) is 5.92 Å². The molecular weight excluding hydrogens is 279 g/mol. The summed E-state index contributed by atoms with van der Waals surface area (Å²) in [6.45, 7) is 7.29. The monoisotopic (exact) mass is 301 g/mol. The van der Waals surface area contributed by atoms with Gasteiger partial charge in [-0.25, -0.2) is 0 Å². The first kappa shape index (κ1) is 16.3. The van der Waals surface area contributed by atoms with Gasteiger partial charge in [-0.3, -0.25) is 0 Å². The van der Waals surface area contributed by atoms with E-state index in [2.05, 4.69) is 5.32 Å². The standard InChI is InChI=1S/C16H22F3NO/c1-15(2,3)20-10-11-8-9-21-14(11)12-6-4-5-7-13(12)16(17,18)19/h4-7,11,14,20H,8-10H2,1-3H3. The molecule has 0 radical (unpaired) electrons. The predicted molar refractivity (Wildman–Crippen MR) is 76.0 cm³/mol. The fourth-order valence-corrected chi connectivity index (χ4v) is 2.63. The van der Waals surface area contributed by atoms with Crippen LogP contribution in [0.2, 0.25) is 0 Å². The van der Waals surface area contributed by atoms with E-state index in [1.165, 1.54) is 12.1 Å². The number of alkyl halides is 3. The molecule has 1 heterocycles. The normalized spacial score (nSPS) is 23.5. The van der Waals surface area contributed by atoms with Gasteiger partial charge >= 0.3 is 6.18 Å². The zero-order chi connectivity index (χ0) is 15.7. The molecule has 0 saturated carbocycles. The molecule has 2 rings (SSSR count). The summed E-state index contributed by atoms with van der Waals surface area (Å²) < 4.78 is 45.0. The van der Waals surface area contributed by atoms with Gasteiger partial charge in [-0.05, 0) is 38.8 Å². The maximum atomic E-state index is 13.1. The van der Waals surface area contributed by atoms with E-state index in [-0.39, 0.29) is 17.0 Å². The maximum Gasteiger partial charge on any atom is 0.416 e. The van der Waals surface area contributed by atoms with Crippen molar-refractivity contribution in [1.82, 2.24) is 5.32 Å². The van der Waals surface area contributed by atoms with Crippen LogP contribution in [-0.4, -0.2) is 18.7 Å². The van der Waals surface area contributed by atoms with Gasteiger partial charge in [-0.15, -0.1) is 0 Å². The first-order valence-corrected chi connectivity index (χ1v) is 7.21. The smallest absolute Gasteiger partial charge is 0.373 e. The molecule has 1 aromatic carbocycles.